The Morgan fingerprint density at radius 2 is 1.60 bits per heavy atom. The molecule has 0 saturated heterocycles. The summed E-state index contributed by atoms with van der Waals surface area (Å²) < 4.78 is 60.0. The van der Waals surface area contributed by atoms with E-state index in [9.17, 15) is 12.8 Å². The predicted molar refractivity (Wildman–Crippen MR) is 190 cm³/mol. The van der Waals surface area contributed by atoms with Crippen molar-refractivity contribution in [1.29, 1.82) is 0 Å². The predicted octanol–water partition coefficient (Wildman–Crippen LogP) is 9.23. The van der Waals surface area contributed by atoms with Crippen LogP contribution < -0.4 is 0 Å². The highest BCUT2D eigenvalue weighted by Crippen LogP contribution is 2.39. The maximum atomic E-state index is 15.6. The summed E-state index contributed by atoms with van der Waals surface area (Å²) in [5, 5.41) is 1.36. The van der Waals surface area contributed by atoms with Gasteiger partial charge >= 0.3 is 0 Å². The summed E-state index contributed by atoms with van der Waals surface area (Å²) in [5.41, 5.74) is 1.84. The number of halogens is 5. The number of thioether (sulfide) groups is 1. The Morgan fingerprint density at radius 1 is 0.915 bits per heavy atom. The fraction of sp³-hybridized carbons (Fsp3) is 0.382. The zero-order valence-corrected chi connectivity index (χ0v) is 31.2. The molecule has 47 heavy (non-hydrogen) atoms. The molecule has 0 radical (unpaired) electrons. The van der Waals surface area contributed by atoms with E-state index >= 15 is 4.39 Å². The first-order valence-electron chi connectivity index (χ1n) is 15.1. The number of unbranched alkanes of at least 4 members (excludes halogenated alkanes) is 2. The second kappa shape index (κ2) is 15.2. The van der Waals surface area contributed by atoms with Crippen molar-refractivity contribution in [2.75, 3.05) is 41.3 Å². The lowest BCUT2D eigenvalue weighted by molar-refractivity contribution is -0.870. The molecule has 0 aliphatic carbocycles. The second-order valence-electron chi connectivity index (χ2n) is 13.0. The fourth-order valence-corrected chi connectivity index (χ4v) is 8.14. The van der Waals surface area contributed by atoms with Crippen LogP contribution in [0.15, 0.2) is 70.8 Å². The highest BCUT2D eigenvalue weighted by Gasteiger charge is 2.31. The molecule has 13 heteroatoms. The van der Waals surface area contributed by atoms with Crippen molar-refractivity contribution in [3.8, 4) is 5.69 Å². The molecule has 0 fully saturated rings. The van der Waals surface area contributed by atoms with Crippen LogP contribution in [0, 0.1) is 11.6 Å². The molecule has 6 nitrogen and oxygen atoms in total. The monoisotopic (exact) mass is 743 g/mol. The Hall–Kier alpha value is -2.18. The van der Waals surface area contributed by atoms with Crippen LogP contribution in [0.3, 0.4) is 0 Å². The van der Waals surface area contributed by atoms with Crippen LogP contribution >= 0.6 is 46.6 Å². The minimum absolute atomic E-state index is 0.00340. The molecule has 0 atom stereocenters. The molecule has 0 unspecified atom stereocenters. The standard InChI is InChI=1S/C34H40Cl3F2N4O2S2/c1-34(2,23-10-15-28(35)30(37)18-23)32-21-40-33(42(32)25-13-11-24(38)12-14-25)46-22-27-29(36)19-26(20-31(27)39)47(44,45)41(3)16-8-7-9-17-43(4,5)6/h10-15,18-21H,7-9,16-17,22H2,1-6H3/q+1. The molecular formula is C34H40Cl3F2N4O2S2+. The third-order valence-corrected chi connectivity index (χ3v) is 12.0. The van der Waals surface area contributed by atoms with Gasteiger partial charge in [-0.05, 0) is 73.4 Å². The van der Waals surface area contributed by atoms with Crippen molar-refractivity contribution in [2.45, 2.75) is 54.3 Å². The number of sulfonamides is 1. The summed E-state index contributed by atoms with van der Waals surface area (Å²) in [4.78, 5) is 4.47. The van der Waals surface area contributed by atoms with Gasteiger partial charge in [-0.1, -0.05) is 66.5 Å². The summed E-state index contributed by atoms with van der Waals surface area (Å²) in [5.74, 6) is -1.04. The van der Waals surface area contributed by atoms with Gasteiger partial charge in [-0.25, -0.2) is 26.5 Å². The van der Waals surface area contributed by atoms with Crippen LogP contribution in [0.2, 0.25) is 15.1 Å². The smallest absolute Gasteiger partial charge is 0.242 e. The minimum Gasteiger partial charge on any atom is -0.331 e. The fourth-order valence-electron chi connectivity index (χ4n) is 5.15. The summed E-state index contributed by atoms with van der Waals surface area (Å²) in [6, 6.07) is 13.7. The van der Waals surface area contributed by atoms with Gasteiger partial charge in [0.05, 0.1) is 54.5 Å². The molecule has 0 amide bonds. The van der Waals surface area contributed by atoms with Crippen LogP contribution in [-0.2, 0) is 21.2 Å². The van der Waals surface area contributed by atoms with E-state index in [0.29, 0.717) is 33.9 Å². The molecule has 0 aliphatic rings. The van der Waals surface area contributed by atoms with Gasteiger partial charge in [0.25, 0.3) is 0 Å². The number of hydrogen-bond donors (Lipinski definition) is 0. The van der Waals surface area contributed by atoms with Crippen molar-refractivity contribution in [3.63, 3.8) is 0 Å². The molecule has 0 aliphatic heterocycles. The van der Waals surface area contributed by atoms with Gasteiger partial charge in [0.2, 0.25) is 10.0 Å². The molecule has 254 valence electrons. The van der Waals surface area contributed by atoms with Crippen LogP contribution in [-0.4, -0.2) is 68.0 Å². The van der Waals surface area contributed by atoms with Gasteiger partial charge in [0.1, 0.15) is 11.6 Å². The number of benzene rings is 3. The SMILES string of the molecule is CN(CCCCC[N+](C)(C)C)S(=O)(=O)c1cc(F)c(CSc2ncc(C(C)(C)c3ccc(Cl)c(Cl)c3)n2-c2ccc(F)cc2)c(Cl)c1. The Labute approximate surface area is 296 Å². The number of rotatable bonds is 14. The van der Waals surface area contributed by atoms with E-state index in [-0.39, 0.29) is 27.1 Å². The summed E-state index contributed by atoms with van der Waals surface area (Å²) in [6.45, 7) is 5.34. The van der Waals surface area contributed by atoms with Gasteiger partial charge in [0, 0.05) is 41.0 Å². The lowest BCUT2D eigenvalue weighted by atomic mass is 9.81. The Kier molecular flexibility index (Phi) is 12.1. The molecular weight excluding hydrogens is 705 g/mol. The Balaban J connectivity index is 1.58. The highest BCUT2D eigenvalue weighted by molar-refractivity contribution is 7.98. The quantitative estimate of drug-likeness (QED) is 0.0735. The first kappa shape index (κ1) is 37.6. The highest BCUT2D eigenvalue weighted by atomic mass is 35.5. The normalized spacial score (nSPS) is 12.7. The molecule has 1 heterocycles. The van der Waals surface area contributed by atoms with Crippen molar-refractivity contribution >= 4 is 56.6 Å². The summed E-state index contributed by atoms with van der Waals surface area (Å²) in [7, 11) is 3.91. The lowest BCUT2D eigenvalue weighted by Gasteiger charge is -2.28. The van der Waals surface area contributed by atoms with E-state index in [1.807, 2.05) is 24.5 Å². The Bertz CT molecular complexity index is 1800. The summed E-state index contributed by atoms with van der Waals surface area (Å²) >= 11 is 20.3. The van der Waals surface area contributed by atoms with E-state index in [0.717, 1.165) is 41.2 Å². The van der Waals surface area contributed by atoms with Gasteiger partial charge < -0.3 is 4.48 Å². The van der Waals surface area contributed by atoms with E-state index < -0.39 is 21.3 Å². The van der Waals surface area contributed by atoms with Gasteiger partial charge in [0.15, 0.2) is 5.16 Å². The maximum absolute atomic E-state index is 15.6. The van der Waals surface area contributed by atoms with Gasteiger partial charge in [-0.3, -0.25) is 4.57 Å². The lowest BCUT2D eigenvalue weighted by Crippen LogP contribution is -2.35. The molecule has 4 rings (SSSR count). The summed E-state index contributed by atoms with van der Waals surface area (Å²) in [6.07, 6.45) is 4.30. The molecule has 0 N–H and O–H groups in total. The average molecular weight is 745 g/mol. The number of nitrogens with zero attached hydrogens (tertiary/aromatic N) is 4. The van der Waals surface area contributed by atoms with Crippen molar-refractivity contribution in [3.05, 3.63) is 104 Å². The second-order valence-corrected chi connectivity index (χ2v) is 17.3. The molecule has 0 bridgehead atoms. The Morgan fingerprint density at radius 3 is 2.21 bits per heavy atom. The number of hydrogen-bond acceptors (Lipinski definition) is 4. The van der Waals surface area contributed by atoms with E-state index in [1.54, 1.807) is 30.5 Å². The van der Waals surface area contributed by atoms with E-state index in [4.69, 9.17) is 34.8 Å². The molecule has 4 aromatic rings. The van der Waals surface area contributed by atoms with Crippen molar-refractivity contribution in [1.82, 2.24) is 13.9 Å². The maximum Gasteiger partial charge on any atom is 0.242 e. The average Bonchev–Trinajstić information content (AvgIpc) is 3.42. The van der Waals surface area contributed by atoms with Crippen LogP contribution in [0.1, 0.15) is 49.9 Å². The molecule has 0 spiro atoms. The molecule has 3 aromatic carbocycles. The van der Waals surface area contributed by atoms with Crippen molar-refractivity contribution < 1.29 is 21.7 Å². The topological polar surface area (TPSA) is 55.2 Å². The third kappa shape index (κ3) is 9.09. The van der Waals surface area contributed by atoms with Gasteiger partial charge in [-0.2, -0.15) is 0 Å². The van der Waals surface area contributed by atoms with E-state index in [1.165, 1.54) is 41.3 Å². The van der Waals surface area contributed by atoms with Crippen molar-refractivity contribution in [2.24, 2.45) is 0 Å². The van der Waals surface area contributed by atoms with Crippen LogP contribution in [0.25, 0.3) is 5.69 Å². The number of quaternary nitrogens is 1. The van der Waals surface area contributed by atoms with Crippen LogP contribution in [0.4, 0.5) is 8.78 Å². The largest absolute Gasteiger partial charge is 0.331 e. The van der Waals surface area contributed by atoms with Gasteiger partial charge in [-0.15, -0.1) is 0 Å². The third-order valence-electron chi connectivity index (χ3n) is 8.07. The van der Waals surface area contributed by atoms with E-state index in [2.05, 4.69) is 26.1 Å². The first-order chi connectivity index (χ1) is 21.9. The first-order valence-corrected chi connectivity index (χ1v) is 18.6. The number of imidazole rings is 1. The zero-order chi connectivity index (χ0) is 34.7. The van der Waals surface area contributed by atoms with Crippen LogP contribution in [0.5, 0.6) is 0 Å². The number of aromatic nitrogens is 2. The molecule has 1 aromatic heterocycles. The zero-order valence-electron chi connectivity index (χ0n) is 27.3. The molecule has 0 saturated carbocycles. The minimum atomic E-state index is -3.94.